The maximum Gasteiger partial charge on any atom is 0.178 e. The fourth-order valence-corrected chi connectivity index (χ4v) is 2.77. The van der Waals surface area contributed by atoms with Gasteiger partial charge in [-0.3, -0.25) is 0 Å². The average molecular weight is 241 g/mol. The molecular weight excluding hydrogens is 230 g/mol. The summed E-state index contributed by atoms with van der Waals surface area (Å²) in [7, 11) is 0. The van der Waals surface area contributed by atoms with Gasteiger partial charge in [0.25, 0.3) is 0 Å². The summed E-state index contributed by atoms with van der Waals surface area (Å²) in [6.45, 7) is 0. The van der Waals surface area contributed by atoms with Crippen molar-refractivity contribution in [3.63, 3.8) is 0 Å². The second kappa shape index (κ2) is 3.86. The molecule has 0 amide bonds. The molecule has 2 aromatic rings. The third kappa shape index (κ3) is 1.51. The second-order valence-electron chi connectivity index (χ2n) is 4.21. The zero-order valence-corrected chi connectivity index (χ0v) is 10.00. The Balaban J connectivity index is 2.29. The molecule has 3 rings (SSSR count). The number of allylic oxidation sites excluding steroid dienone is 2. The topological polar surface area (TPSA) is 44.5 Å². The Bertz CT molecular complexity index is 692. The number of benzene rings is 1. The number of imidazole rings is 1. The molecule has 0 saturated carbocycles. The van der Waals surface area contributed by atoms with E-state index in [1.165, 1.54) is 0 Å². The van der Waals surface area contributed by atoms with Crippen LogP contribution in [0.4, 0.5) is 0 Å². The summed E-state index contributed by atoms with van der Waals surface area (Å²) in [4.78, 5) is 3.15. The Morgan fingerprint density at radius 1 is 1.35 bits per heavy atom. The molecule has 84 valence electrons. The number of nitrogens with one attached hydrogen (secondary N) is 1. The predicted molar refractivity (Wildman–Crippen MR) is 69.2 cm³/mol. The van der Waals surface area contributed by atoms with Gasteiger partial charge < -0.3 is 9.55 Å². The lowest BCUT2D eigenvalue weighted by Crippen LogP contribution is -2.04. The van der Waals surface area contributed by atoms with E-state index in [0.29, 0.717) is 16.4 Å². The van der Waals surface area contributed by atoms with Gasteiger partial charge in [-0.25, -0.2) is 0 Å². The van der Waals surface area contributed by atoms with Gasteiger partial charge in [-0.15, -0.1) is 0 Å². The van der Waals surface area contributed by atoms with Crippen LogP contribution in [0.15, 0.2) is 30.4 Å². The van der Waals surface area contributed by atoms with Crippen molar-refractivity contribution in [3.8, 4) is 6.07 Å². The monoisotopic (exact) mass is 241 g/mol. The minimum absolute atomic E-state index is 0.394. The molecule has 0 atom stereocenters. The second-order valence-corrected chi connectivity index (χ2v) is 4.59. The largest absolute Gasteiger partial charge is 0.329 e. The number of rotatable bonds is 1. The normalized spacial score (nSPS) is 15.5. The minimum atomic E-state index is 0.394. The van der Waals surface area contributed by atoms with Crippen LogP contribution in [-0.4, -0.2) is 9.55 Å². The molecule has 1 aromatic carbocycles. The van der Waals surface area contributed by atoms with Crippen LogP contribution in [0.1, 0.15) is 24.4 Å². The highest BCUT2D eigenvalue weighted by Crippen LogP contribution is 2.29. The van der Waals surface area contributed by atoms with E-state index in [0.717, 1.165) is 23.9 Å². The molecule has 4 heteroatoms. The van der Waals surface area contributed by atoms with E-state index in [4.69, 9.17) is 17.5 Å². The predicted octanol–water partition coefficient (Wildman–Crippen LogP) is 3.46. The van der Waals surface area contributed by atoms with Crippen molar-refractivity contribution in [2.75, 3.05) is 0 Å². The first-order valence-corrected chi connectivity index (χ1v) is 6.00. The van der Waals surface area contributed by atoms with Crippen LogP contribution >= 0.6 is 12.2 Å². The Hall–Kier alpha value is -1.86. The van der Waals surface area contributed by atoms with Gasteiger partial charge in [0.2, 0.25) is 0 Å². The number of nitriles is 1. The van der Waals surface area contributed by atoms with Crippen molar-refractivity contribution in [3.05, 3.63) is 40.7 Å². The summed E-state index contributed by atoms with van der Waals surface area (Å²) in [5.74, 6) is 0. The van der Waals surface area contributed by atoms with Crippen molar-refractivity contribution in [1.82, 2.24) is 9.55 Å². The van der Waals surface area contributed by atoms with Crippen molar-refractivity contribution in [1.29, 1.82) is 5.26 Å². The van der Waals surface area contributed by atoms with Gasteiger partial charge in [0.1, 0.15) is 6.07 Å². The number of hydrogen-bond donors (Lipinski definition) is 1. The summed E-state index contributed by atoms with van der Waals surface area (Å²) in [6, 6.07) is 8.32. The van der Waals surface area contributed by atoms with Crippen molar-refractivity contribution in [2.45, 2.75) is 18.9 Å². The highest BCUT2D eigenvalue weighted by Gasteiger charge is 2.17. The van der Waals surface area contributed by atoms with E-state index in [1.54, 1.807) is 0 Å². The van der Waals surface area contributed by atoms with Crippen LogP contribution in [0.25, 0.3) is 11.0 Å². The highest BCUT2D eigenvalue weighted by atomic mass is 32.1. The number of hydrogen-bond acceptors (Lipinski definition) is 2. The Morgan fingerprint density at radius 3 is 2.82 bits per heavy atom. The number of H-pyrrole nitrogens is 1. The van der Waals surface area contributed by atoms with Crippen molar-refractivity contribution < 1.29 is 0 Å². The molecule has 0 fully saturated rings. The molecule has 0 radical (unpaired) electrons. The lowest BCUT2D eigenvalue weighted by atomic mass is 10.2. The molecule has 1 aliphatic rings. The third-order valence-electron chi connectivity index (χ3n) is 3.22. The van der Waals surface area contributed by atoms with Gasteiger partial charge in [-0.2, -0.15) is 5.26 Å². The third-order valence-corrected chi connectivity index (χ3v) is 3.52. The molecule has 3 nitrogen and oxygen atoms in total. The molecule has 0 unspecified atom stereocenters. The molecule has 0 aliphatic heterocycles. The van der Waals surface area contributed by atoms with Crippen LogP contribution in [0.5, 0.6) is 0 Å². The Morgan fingerprint density at radius 2 is 2.12 bits per heavy atom. The molecule has 1 heterocycles. The number of para-hydroxylation sites is 1. The van der Waals surface area contributed by atoms with Crippen LogP contribution in [0.3, 0.4) is 0 Å². The van der Waals surface area contributed by atoms with Crippen molar-refractivity contribution in [2.24, 2.45) is 0 Å². The Kier molecular flexibility index (Phi) is 2.34. The first kappa shape index (κ1) is 10.3. The van der Waals surface area contributed by atoms with Crippen LogP contribution in [-0.2, 0) is 0 Å². The zero-order chi connectivity index (χ0) is 11.8. The van der Waals surface area contributed by atoms with E-state index in [9.17, 15) is 0 Å². The highest BCUT2D eigenvalue weighted by molar-refractivity contribution is 7.71. The standard InChI is InChI=1S/C13H11N3S/c14-8-9-4-3-7-11-12(9)15-13(17)16(11)10-5-1-2-6-10/h1-4,7,10H,5-6H2,(H,15,17). The van der Waals surface area contributed by atoms with Crippen LogP contribution < -0.4 is 0 Å². The van der Waals surface area contributed by atoms with E-state index >= 15 is 0 Å². The first-order chi connectivity index (χ1) is 8.31. The maximum atomic E-state index is 9.08. The smallest absolute Gasteiger partial charge is 0.178 e. The zero-order valence-electron chi connectivity index (χ0n) is 9.18. The van der Waals surface area contributed by atoms with E-state index in [2.05, 4.69) is 27.8 Å². The average Bonchev–Trinajstić information content (AvgIpc) is 2.93. The van der Waals surface area contributed by atoms with Gasteiger partial charge in [0.05, 0.1) is 16.6 Å². The summed E-state index contributed by atoms with van der Waals surface area (Å²) < 4.78 is 2.84. The minimum Gasteiger partial charge on any atom is -0.329 e. The molecule has 0 spiro atoms. The Labute approximate surface area is 104 Å². The molecule has 0 saturated heterocycles. The van der Waals surface area contributed by atoms with Crippen LogP contribution in [0.2, 0.25) is 0 Å². The molecular formula is C13H11N3S. The van der Waals surface area contributed by atoms with Gasteiger partial charge in [-0.05, 0) is 37.2 Å². The lowest BCUT2D eigenvalue weighted by Gasteiger charge is -2.12. The summed E-state index contributed by atoms with van der Waals surface area (Å²) in [6.07, 6.45) is 6.38. The summed E-state index contributed by atoms with van der Waals surface area (Å²) >= 11 is 5.37. The molecule has 1 aromatic heterocycles. The lowest BCUT2D eigenvalue weighted by molar-refractivity contribution is 0.544. The van der Waals surface area contributed by atoms with E-state index < -0.39 is 0 Å². The fourth-order valence-electron chi connectivity index (χ4n) is 2.42. The fraction of sp³-hybridized carbons (Fsp3) is 0.231. The number of aromatic nitrogens is 2. The van der Waals surface area contributed by atoms with Gasteiger partial charge in [-0.1, -0.05) is 18.2 Å². The molecule has 0 bridgehead atoms. The maximum absolute atomic E-state index is 9.08. The molecule has 1 N–H and O–H groups in total. The summed E-state index contributed by atoms with van der Waals surface area (Å²) in [5, 5.41) is 9.08. The number of aromatic amines is 1. The van der Waals surface area contributed by atoms with E-state index in [-0.39, 0.29) is 0 Å². The van der Waals surface area contributed by atoms with Crippen LogP contribution in [0, 0.1) is 16.1 Å². The SMILES string of the molecule is N#Cc1cccc2c1[nH]c(=S)n2C1CC=CC1. The molecule has 1 aliphatic carbocycles. The van der Waals surface area contributed by atoms with E-state index in [1.807, 2.05) is 18.2 Å². The molecule has 17 heavy (non-hydrogen) atoms. The summed E-state index contributed by atoms with van der Waals surface area (Å²) in [5.41, 5.74) is 2.54. The van der Waals surface area contributed by atoms with Crippen molar-refractivity contribution >= 4 is 23.3 Å². The van der Waals surface area contributed by atoms with Gasteiger partial charge in [0, 0.05) is 6.04 Å². The van der Waals surface area contributed by atoms with Gasteiger partial charge in [0.15, 0.2) is 4.77 Å². The quantitative estimate of drug-likeness (QED) is 0.613. The first-order valence-electron chi connectivity index (χ1n) is 5.59. The number of fused-ring (bicyclic) bond motifs is 1. The van der Waals surface area contributed by atoms with Gasteiger partial charge >= 0.3 is 0 Å². The number of nitrogens with zero attached hydrogens (tertiary/aromatic N) is 2.